The van der Waals surface area contributed by atoms with E-state index in [-0.39, 0.29) is 0 Å². The second-order valence-corrected chi connectivity index (χ2v) is 6.79. The number of benzene rings is 2. The van der Waals surface area contributed by atoms with Crippen molar-refractivity contribution in [3.63, 3.8) is 0 Å². The Bertz CT molecular complexity index is 726. The van der Waals surface area contributed by atoms with Crippen molar-refractivity contribution in [1.82, 2.24) is 0 Å². The molecule has 120 valence electrons. The van der Waals surface area contributed by atoms with Gasteiger partial charge in [-0.2, -0.15) is 5.26 Å². The molecule has 0 heterocycles. The lowest BCUT2D eigenvalue weighted by atomic mass is 10.2. The van der Waals surface area contributed by atoms with Crippen LogP contribution in [0.5, 0.6) is 5.75 Å². The number of nitrogens with one attached hydrogen (secondary N) is 1. The Kier molecular flexibility index (Phi) is 6.45. The van der Waals surface area contributed by atoms with Crippen molar-refractivity contribution in [2.75, 3.05) is 24.7 Å². The Morgan fingerprint density at radius 2 is 2.00 bits per heavy atom. The van der Waals surface area contributed by atoms with Gasteiger partial charge in [0.2, 0.25) is 0 Å². The van der Waals surface area contributed by atoms with Gasteiger partial charge in [-0.15, -0.1) is 0 Å². The highest BCUT2D eigenvalue weighted by molar-refractivity contribution is 7.83. The summed E-state index contributed by atoms with van der Waals surface area (Å²) in [5.41, 5.74) is 2.39. The molecule has 0 unspecified atom stereocenters. The van der Waals surface area contributed by atoms with Crippen LogP contribution in [0.4, 0.5) is 5.69 Å². The number of anilines is 1. The van der Waals surface area contributed by atoms with Gasteiger partial charge in [-0.25, -0.2) is 0 Å². The molecule has 0 aliphatic rings. The highest BCUT2D eigenvalue weighted by Crippen LogP contribution is 2.23. The first-order chi connectivity index (χ1) is 11.1. The van der Waals surface area contributed by atoms with Gasteiger partial charge in [0.25, 0.3) is 0 Å². The molecule has 0 aromatic heterocycles. The van der Waals surface area contributed by atoms with Crippen LogP contribution in [0.25, 0.3) is 0 Å². The molecule has 2 aromatic carbocycles. The molecular formula is C17H17ClN2O2S. The summed E-state index contributed by atoms with van der Waals surface area (Å²) in [6, 6.07) is 14.6. The van der Waals surface area contributed by atoms with Crippen LogP contribution >= 0.6 is 11.6 Å². The monoisotopic (exact) mass is 348 g/mol. The smallest absolute Gasteiger partial charge is 0.119 e. The van der Waals surface area contributed by atoms with E-state index in [1.807, 2.05) is 12.1 Å². The van der Waals surface area contributed by atoms with Crippen molar-refractivity contribution >= 4 is 28.1 Å². The lowest BCUT2D eigenvalue weighted by Gasteiger charge is -2.11. The average Bonchev–Trinajstić information content (AvgIpc) is 2.54. The minimum absolute atomic E-state index is 0.464. The molecule has 2 aromatic rings. The molecule has 4 nitrogen and oxygen atoms in total. The first-order valence-electron chi connectivity index (χ1n) is 7.04. The number of hydrogen-bond acceptors (Lipinski definition) is 4. The summed E-state index contributed by atoms with van der Waals surface area (Å²) in [5, 5.41) is 12.6. The standard InChI is InChI=1S/C17H17ClN2O2S/c1-23(21)12-14-4-7-16(18)17(10-14)20-8-9-22-15-5-2-13(11-19)3-6-15/h2-7,10,20H,8-9,12H2,1H3/t23-/m1/s1. The van der Waals surface area contributed by atoms with E-state index < -0.39 is 10.8 Å². The summed E-state index contributed by atoms with van der Waals surface area (Å²) in [7, 11) is -0.885. The predicted octanol–water partition coefficient (Wildman–Crippen LogP) is 3.58. The molecule has 1 N–H and O–H groups in total. The van der Waals surface area contributed by atoms with Crippen LogP contribution in [-0.2, 0) is 16.6 Å². The molecule has 0 aliphatic heterocycles. The fourth-order valence-electron chi connectivity index (χ4n) is 2.01. The summed E-state index contributed by atoms with van der Waals surface area (Å²) in [4.78, 5) is 0. The van der Waals surface area contributed by atoms with E-state index in [2.05, 4.69) is 11.4 Å². The highest BCUT2D eigenvalue weighted by atomic mass is 35.5. The largest absolute Gasteiger partial charge is 0.492 e. The Morgan fingerprint density at radius 3 is 2.65 bits per heavy atom. The third kappa shape index (κ3) is 5.59. The maximum Gasteiger partial charge on any atom is 0.119 e. The molecule has 0 fully saturated rings. The molecule has 0 saturated carbocycles. The van der Waals surface area contributed by atoms with Crippen LogP contribution < -0.4 is 10.1 Å². The lowest BCUT2D eigenvalue weighted by molar-refractivity contribution is 0.333. The third-order valence-electron chi connectivity index (χ3n) is 3.07. The number of rotatable bonds is 7. The molecule has 0 amide bonds. The Balaban J connectivity index is 1.85. The van der Waals surface area contributed by atoms with Crippen LogP contribution in [0.3, 0.4) is 0 Å². The number of nitriles is 1. The van der Waals surface area contributed by atoms with Gasteiger partial charge in [-0.05, 0) is 42.0 Å². The zero-order chi connectivity index (χ0) is 16.7. The van der Waals surface area contributed by atoms with Gasteiger partial charge >= 0.3 is 0 Å². The van der Waals surface area contributed by atoms with Crippen molar-refractivity contribution in [2.24, 2.45) is 0 Å². The van der Waals surface area contributed by atoms with Gasteiger partial charge in [0.05, 0.1) is 22.3 Å². The third-order valence-corrected chi connectivity index (χ3v) is 4.14. The van der Waals surface area contributed by atoms with E-state index in [1.54, 1.807) is 36.6 Å². The topological polar surface area (TPSA) is 62.1 Å². The summed E-state index contributed by atoms with van der Waals surface area (Å²) in [6.07, 6.45) is 1.67. The lowest BCUT2D eigenvalue weighted by Crippen LogP contribution is -2.12. The Labute approximate surface area is 143 Å². The second-order valence-electron chi connectivity index (χ2n) is 4.94. The minimum Gasteiger partial charge on any atom is -0.492 e. The van der Waals surface area contributed by atoms with Crippen LogP contribution in [-0.4, -0.2) is 23.6 Å². The fraction of sp³-hybridized carbons (Fsp3) is 0.235. The Hall–Kier alpha value is -2.03. The Morgan fingerprint density at radius 1 is 1.26 bits per heavy atom. The molecule has 0 saturated heterocycles. The van der Waals surface area contributed by atoms with Gasteiger partial charge in [0.1, 0.15) is 12.4 Å². The average molecular weight is 349 g/mol. The first-order valence-corrected chi connectivity index (χ1v) is 9.14. The second kappa shape index (κ2) is 8.56. The van der Waals surface area contributed by atoms with E-state index in [0.29, 0.717) is 35.2 Å². The van der Waals surface area contributed by atoms with Gasteiger partial charge in [0.15, 0.2) is 0 Å². The SMILES string of the molecule is C[S@@](=O)Cc1ccc(Cl)c(NCCOc2ccc(C#N)cc2)c1. The van der Waals surface area contributed by atoms with Gasteiger partial charge in [-0.1, -0.05) is 17.7 Å². The van der Waals surface area contributed by atoms with E-state index in [9.17, 15) is 4.21 Å². The fourth-order valence-corrected chi connectivity index (χ4v) is 2.85. The minimum atomic E-state index is -0.885. The number of ether oxygens (including phenoxy) is 1. The molecule has 6 heteroatoms. The van der Waals surface area contributed by atoms with Crippen LogP contribution in [0.2, 0.25) is 5.02 Å². The maximum atomic E-state index is 11.3. The molecule has 0 bridgehead atoms. The quantitative estimate of drug-likeness (QED) is 0.777. The maximum absolute atomic E-state index is 11.3. The van der Waals surface area contributed by atoms with Crippen LogP contribution in [0, 0.1) is 11.3 Å². The number of nitrogens with zero attached hydrogens (tertiary/aromatic N) is 1. The summed E-state index contributed by atoms with van der Waals surface area (Å²) in [5.74, 6) is 1.22. The van der Waals surface area contributed by atoms with Crippen molar-refractivity contribution in [1.29, 1.82) is 5.26 Å². The van der Waals surface area contributed by atoms with Crippen molar-refractivity contribution in [3.8, 4) is 11.8 Å². The van der Waals surface area contributed by atoms with E-state index in [0.717, 1.165) is 11.3 Å². The summed E-state index contributed by atoms with van der Waals surface area (Å²) >= 11 is 6.15. The first kappa shape index (κ1) is 17.3. The molecule has 2 rings (SSSR count). The van der Waals surface area contributed by atoms with Gasteiger partial charge < -0.3 is 10.1 Å². The van der Waals surface area contributed by atoms with Crippen molar-refractivity contribution < 1.29 is 8.95 Å². The predicted molar refractivity (Wildman–Crippen MR) is 94.4 cm³/mol. The molecule has 0 aliphatic carbocycles. The van der Waals surface area contributed by atoms with Crippen LogP contribution in [0.15, 0.2) is 42.5 Å². The highest BCUT2D eigenvalue weighted by Gasteiger charge is 2.03. The number of hydrogen-bond donors (Lipinski definition) is 1. The van der Waals surface area contributed by atoms with Gasteiger partial charge in [-0.3, -0.25) is 4.21 Å². The molecule has 0 spiro atoms. The molecule has 1 atom stereocenters. The van der Waals surface area contributed by atoms with Crippen LogP contribution in [0.1, 0.15) is 11.1 Å². The summed E-state index contributed by atoms with van der Waals surface area (Å²) in [6.45, 7) is 1.05. The van der Waals surface area contributed by atoms with Crippen molar-refractivity contribution in [2.45, 2.75) is 5.75 Å². The van der Waals surface area contributed by atoms with E-state index in [1.165, 1.54) is 0 Å². The zero-order valence-electron chi connectivity index (χ0n) is 12.7. The zero-order valence-corrected chi connectivity index (χ0v) is 14.3. The van der Waals surface area contributed by atoms with E-state index >= 15 is 0 Å². The molecule has 0 radical (unpaired) electrons. The molecular weight excluding hydrogens is 332 g/mol. The van der Waals surface area contributed by atoms with Crippen molar-refractivity contribution in [3.05, 3.63) is 58.6 Å². The van der Waals surface area contributed by atoms with Gasteiger partial charge in [0, 0.05) is 29.4 Å². The molecule has 23 heavy (non-hydrogen) atoms. The number of halogens is 1. The normalized spacial score (nSPS) is 11.5. The van der Waals surface area contributed by atoms with E-state index in [4.69, 9.17) is 21.6 Å². The summed E-state index contributed by atoms with van der Waals surface area (Å²) < 4.78 is 16.9.